The van der Waals surface area contributed by atoms with Crippen molar-refractivity contribution < 1.29 is 14.6 Å². The number of carbonyl (C=O) groups is 1. The van der Waals surface area contributed by atoms with E-state index >= 15 is 0 Å². The van der Waals surface area contributed by atoms with Gasteiger partial charge in [0.15, 0.2) is 0 Å². The molecular formula is C18H19NO3. The molecule has 3 rings (SSSR count). The van der Waals surface area contributed by atoms with Crippen LogP contribution in [0.5, 0.6) is 0 Å². The van der Waals surface area contributed by atoms with Crippen molar-refractivity contribution in [2.45, 2.75) is 32.1 Å². The molecule has 2 aromatic rings. The number of hydrogen-bond donors (Lipinski definition) is 2. The Hall–Kier alpha value is -2.33. The van der Waals surface area contributed by atoms with Crippen molar-refractivity contribution >= 4 is 6.09 Å². The first kappa shape index (κ1) is 14.6. The summed E-state index contributed by atoms with van der Waals surface area (Å²) in [5.41, 5.74) is 4.30. The number of aliphatic hydroxyl groups is 1. The summed E-state index contributed by atoms with van der Waals surface area (Å²) in [5.74, 6) is 0. The minimum absolute atomic E-state index is 0.0461. The summed E-state index contributed by atoms with van der Waals surface area (Å²) in [6.45, 7) is 0.325. The van der Waals surface area contributed by atoms with Crippen LogP contribution in [0.2, 0.25) is 0 Å². The first-order valence-electron chi connectivity index (χ1n) is 7.43. The van der Waals surface area contributed by atoms with E-state index in [-0.39, 0.29) is 25.3 Å². The lowest BCUT2D eigenvalue weighted by molar-refractivity contribution is 0.136. The maximum atomic E-state index is 11.9. The lowest BCUT2D eigenvalue weighted by Gasteiger charge is -2.12. The number of hydrogen-bond acceptors (Lipinski definition) is 3. The smallest absolute Gasteiger partial charge is 0.407 e. The van der Waals surface area contributed by atoms with Crippen LogP contribution in [0.4, 0.5) is 4.79 Å². The second kappa shape index (κ2) is 6.62. The lowest BCUT2D eigenvalue weighted by atomic mass is 10.1. The van der Waals surface area contributed by atoms with Crippen LogP contribution in [0.1, 0.15) is 22.3 Å². The Morgan fingerprint density at radius 1 is 1.09 bits per heavy atom. The van der Waals surface area contributed by atoms with Crippen LogP contribution < -0.4 is 5.32 Å². The number of rotatable bonds is 4. The predicted octanol–water partition coefficient (Wildman–Crippen LogP) is 2.57. The molecule has 0 fully saturated rings. The summed E-state index contributed by atoms with van der Waals surface area (Å²) < 4.78 is 5.24. The molecule has 2 N–H and O–H groups in total. The van der Waals surface area contributed by atoms with Gasteiger partial charge in [-0.25, -0.2) is 4.79 Å². The molecule has 0 heterocycles. The Bertz CT molecular complexity index is 655. The minimum Gasteiger partial charge on any atom is -0.445 e. The third kappa shape index (κ3) is 3.46. The van der Waals surface area contributed by atoms with Gasteiger partial charge in [0.25, 0.3) is 0 Å². The quantitative estimate of drug-likeness (QED) is 0.912. The molecule has 0 spiro atoms. The van der Waals surface area contributed by atoms with Crippen LogP contribution in [-0.4, -0.2) is 17.2 Å². The van der Waals surface area contributed by atoms with Crippen molar-refractivity contribution in [3.05, 3.63) is 70.8 Å². The summed E-state index contributed by atoms with van der Waals surface area (Å²) in [4.78, 5) is 11.9. The van der Waals surface area contributed by atoms with Gasteiger partial charge in [-0.1, -0.05) is 48.5 Å². The molecule has 1 aliphatic carbocycles. The largest absolute Gasteiger partial charge is 0.445 e. The summed E-state index contributed by atoms with van der Waals surface area (Å²) in [7, 11) is 0. The number of benzene rings is 2. The van der Waals surface area contributed by atoms with Gasteiger partial charge in [-0.2, -0.15) is 0 Å². The number of fused-ring (bicyclic) bond motifs is 1. The highest BCUT2D eigenvalue weighted by molar-refractivity contribution is 5.68. The number of aliphatic hydroxyl groups excluding tert-OH is 1. The molecular weight excluding hydrogens is 278 g/mol. The van der Waals surface area contributed by atoms with Gasteiger partial charge in [-0.3, -0.25) is 0 Å². The molecule has 4 nitrogen and oxygen atoms in total. The molecule has 1 unspecified atom stereocenters. The van der Waals surface area contributed by atoms with Crippen molar-refractivity contribution in [3.8, 4) is 0 Å². The van der Waals surface area contributed by atoms with Gasteiger partial charge in [0, 0.05) is 6.04 Å². The Morgan fingerprint density at radius 3 is 2.64 bits per heavy atom. The van der Waals surface area contributed by atoms with Gasteiger partial charge in [0.1, 0.15) is 6.61 Å². The number of carbonyl (C=O) groups excluding carboxylic acids is 1. The maximum absolute atomic E-state index is 11.9. The molecule has 4 heteroatoms. The average Bonchev–Trinajstić information content (AvgIpc) is 2.95. The molecule has 114 valence electrons. The summed E-state index contributed by atoms with van der Waals surface area (Å²) in [6.07, 6.45) is 1.20. The van der Waals surface area contributed by atoms with Crippen molar-refractivity contribution in [1.82, 2.24) is 5.32 Å². The van der Waals surface area contributed by atoms with Gasteiger partial charge in [0.05, 0.1) is 6.61 Å². The molecule has 0 bridgehead atoms. The van der Waals surface area contributed by atoms with Crippen LogP contribution in [0.15, 0.2) is 48.5 Å². The zero-order valence-electron chi connectivity index (χ0n) is 12.3. The van der Waals surface area contributed by atoms with Crippen molar-refractivity contribution in [2.24, 2.45) is 0 Å². The number of nitrogens with one attached hydrogen (secondary N) is 1. The highest BCUT2D eigenvalue weighted by Gasteiger charge is 2.23. The molecule has 0 radical (unpaired) electrons. The second-order valence-corrected chi connectivity index (χ2v) is 5.57. The topological polar surface area (TPSA) is 58.6 Å². The van der Waals surface area contributed by atoms with Crippen molar-refractivity contribution in [2.75, 3.05) is 0 Å². The van der Waals surface area contributed by atoms with Crippen molar-refractivity contribution in [1.29, 1.82) is 0 Å². The fraction of sp³-hybridized carbons (Fsp3) is 0.278. The van der Waals surface area contributed by atoms with E-state index in [1.54, 1.807) is 0 Å². The van der Waals surface area contributed by atoms with E-state index in [1.807, 2.05) is 48.5 Å². The monoisotopic (exact) mass is 297 g/mol. The molecule has 22 heavy (non-hydrogen) atoms. The molecule has 1 atom stereocenters. The summed E-state index contributed by atoms with van der Waals surface area (Å²) >= 11 is 0. The van der Waals surface area contributed by atoms with Gasteiger partial charge in [-0.05, 0) is 35.1 Å². The zero-order valence-corrected chi connectivity index (χ0v) is 12.3. The Kier molecular flexibility index (Phi) is 4.39. The number of ether oxygens (including phenoxy) is 1. The van der Waals surface area contributed by atoms with Crippen LogP contribution in [0.25, 0.3) is 0 Å². The summed E-state index contributed by atoms with van der Waals surface area (Å²) in [5, 5.41) is 12.1. The molecule has 0 aromatic heterocycles. The average molecular weight is 297 g/mol. The molecule has 0 aliphatic heterocycles. The van der Waals surface area contributed by atoms with E-state index in [1.165, 1.54) is 11.1 Å². The second-order valence-electron chi connectivity index (χ2n) is 5.57. The van der Waals surface area contributed by atoms with Gasteiger partial charge in [0.2, 0.25) is 0 Å². The predicted molar refractivity (Wildman–Crippen MR) is 83.3 cm³/mol. The van der Waals surface area contributed by atoms with E-state index in [4.69, 9.17) is 9.84 Å². The van der Waals surface area contributed by atoms with Crippen LogP contribution >= 0.6 is 0 Å². The molecule has 1 aliphatic rings. The SMILES string of the molecule is O=C(NC1Cc2ccc(CO)cc2C1)OCc1ccccc1. The zero-order chi connectivity index (χ0) is 15.4. The first-order valence-corrected chi connectivity index (χ1v) is 7.43. The third-order valence-corrected chi connectivity index (χ3v) is 3.92. The van der Waals surface area contributed by atoms with E-state index in [0.29, 0.717) is 0 Å². The fourth-order valence-electron chi connectivity index (χ4n) is 2.80. The van der Waals surface area contributed by atoms with Gasteiger partial charge in [-0.15, -0.1) is 0 Å². The van der Waals surface area contributed by atoms with Gasteiger partial charge >= 0.3 is 6.09 Å². The third-order valence-electron chi connectivity index (χ3n) is 3.92. The van der Waals surface area contributed by atoms with Crippen molar-refractivity contribution in [3.63, 3.8) is 0 Å². The number of alkyl carbamates (subject to hydrolysis) is 1. The highest BCUT2D eigenvalue weighted by atomic mass is 16.5. The van der Waals surface area contributed by atoms with E-state index in [9.17, 15) is 4.79 Å². The van der Waals surface area contributed by atoms with Crippen LogP contribution in [0.3, 0.4) is 0 Å². The van der Waals surface area contributed by atoms with Gasteiger partial charge < -0.3 is 15.2 Å². The van der Waals surface area contributed by atoms with Crippen LogP contribution in [-0.2, 0) is 30.8 Å². The van der Waals surface area contributed by atoms with E-state index in [2.05, 4.69) is 5.32 Å². The molecule has 1 amide bonds. The maximum Gasteiger partial charge on any atom is 0.407 e. The summed E-state index contributed by atoms with van der Waals surface area (Å²) in [6, 6.07) is 15.6. The molecule has 2 aromatic carbocycles. The Labute approximate surface area is 129 Å². The fourth-order valence-corrected chi connectivity index (χ4v) is 2.80. The normalized spacial score (nSPS) is 16.1. The first-order chi connectivity index (χ1) is 10.7. The highest BCUT2D eigenvalue weighted by Crippen LogP contribution is 2.23. The standard InChI is InChI=1S/C18H19NO3/c20-11-14-6-7-15-9-17(10-16(15)8-14)19-18(21)22-12-13-4-2-1-3-5-13/h1-8,17,20H,9-12H2,(H,19,21). The molecule has 0 saturated carbocycles. The van der Waals surface area contributed by atoms with E-state index in [0.717, 1.165) is 24.0 Å². The van der Waals surface area contributed by atoms with E-state index < -0.39 is 0 Å². The molecule has 0 saturated heterocycles. The Morgan fingerprint density at radius 2 is 1.86 bits per heavy atom. The lowest BCUT2D eigenvalue weighted by Crippen LogP contribution is -2.35. The Balaban J connectivity index is 1.51. The number of amides is 1. The van der Waals surface area contributed by atoms with Crippen LogP contribution in [0, 0.1) is 0 Å². The minimum atomic E-state index is -0.385.